The number of nitrogens with zero attached hydrogens (tertiary/aromatic N) is 3. The normalized spacial score (nSPS) is 13.2. The van der Waals surface area contributed by atoms with Gasteiger partial charge >= 0.3 is 5.97 Å². The van der Waals surface area contributed by atoms with Gasteiger partial charge in [-0.25, -0.2) is 14.8 Å². The van der Waals surface area contributed by atoms with Crippen LogP contribution in [-0.2, 0) is 0 Å². The molecular formula is C13H21N3O2. The molecule has 100 valence electrons. The number of carboxylic acid groups (broad SMARTS) is 1. The molecule has 0 saturated heterocycles. The van der Waals surface area contributed by atoms with E-state index in [1.807, 2.05) is 11.9 Å². The zero-order chi connectivity index (χ0) is 14.1. The first-order valence-corrected chi connectivity index (χ1v) is 5.94. The van der Waals surface area contributed by atoms with Gasteiger partial charge in [-0.3, -0.25) is 0 Å². The number of carbonyl (C=O) groups is 1. The minimum absolute atomic E-state index is 0.0947. The highest BCUT2D eigenvalue weighted by Crippen LogP contribution is 2.25. The average molecular weight is 251 g/mol. The van der Waals surface area contributed by atoms with Gasteiger partial charge in [0.05, 0.1) is 11.3 Å². The molecule has 1 heterocycles. The highest BCUT2D eigenvalue weighted by Gasteiger charge is 2.26. The third-order valence-corrected chi connectivity index (χ3v) is 3.35. The molecule has 0 saturated carbocycles. The number of carboxylic acids is 1. The number of hydrogen-bond acceptors (Lipinski definition) is 4. The maximum Gasteiger partial charge on any atom is 0.339 e. The van der Waals surface area contributed by atoms with Crippen LogP contribution in [0.1, 0.15) is 43.7 Å². The zero-order valence-electron chi connectivity index (χ0n) is 11.9. The van der Waals surface area contributed by atoms with Crippen molar-refractivity contribution in [1.29, 1.82) is 0 Å². The molecule has 18 heavy (non-hydrogen) atoms. The van der Waals surface area contributed by atoms with Crippen molar-refractivity contribution in [2.24, 2.45) is 5.41 Å². The van der Waals surface area contributed by atoms with Crippen LogP contribution in [0.3, 0.4) is 0 Å². The molecule has 1 unspecified atom stereocenters. The van der Waals surface area contributed by atoms with E-state index in [0.717, 1.165) is 0 Å². The number of rotatable bonds is 3. The summed E-state index contributed by atoms with van der Waals surface area (Å²) in [5, 5.41) is 8.94. The van der Waals surface area contributed by atoms with Crippen molar-refractivity contribution in [3.63, 3.8) is 0 Å². The Kier molecular flexibility index (Phi) is 3.94. The molecule has 1 atom stereocenters. The molecule has 0 amide bonds. The molecule has 0 radical (unpaired) electrons. The second-order valence-corrected chi connectivity index (χ2v) is 5.63. The molecule has 1 aromatic heterocycles. The monoisotopic (exact) mass is 251 g/mol. The molecule has 0 aromatic carbocycles. The highest BCUT2D eigenvalue weighted by atomic mass is 16.4. The fourth-order valence-corrected chi connectivity index (χ4v) is 1.59. The van der Waals surface area contributed by atoms with Crippen molar-refractivity contribution < 1.29 is 9.90 Å². The SMILES string of the molecule is Cc1nc(N(C)C(C)C(C)(C)C)ncc1C(=O)O. The second-order valence-electron chi connectivity index (χ2n) is 5.63. The first-order chi connectivity index (χ1) is 8.14. The smallest absolute Gasteiger partial charge is 0.339 e. The predicted octanol–water partition coefficient (Wildman–Crippen LogP) is 2.35. The van der Waals surface area contributed by atoms with E-state index >= 15 is 0 Å². The molecule has 5 heteroatoms. The Balaban J connectivity index is 3.05. The van der Waals surface area contributed by atoms with E-state index in [9.17, 15) is 4.79 Å². The third-order valence-electron chi connectivity index (χ3n) is 3.35. The Morgan fingerprint density at radius 1 is 1.44 bits per heavy atom. The van der Waals surface area contributed by atoms with Gasteiger partial charge in [-0.05, 0) is 19.3 Å². The molecule has 0 aliphatic carbocycles. The lowest BCUT2D eigenvalue weighted by molar-refractivity contribution is 0.0695. The van der Waals surface area contributed by atoms with Crippen LogP contribution in [0, 0.1) is 12.3 Å². The Hall–Kier alpha value is -1.65. The van der Waals surface area contributed by atoms with Crippen LogP contribution in [0.5, 0.6) is 0 Å². The maximum atomic E-state index is 10.9. The summed E-state index contributed by atoms with van der Waals surface area (Å²) in [7, 11) is 1.92. The average Bonchev–Trinajstić information content (AvgIpc) is 2.25. The summed E-state index contributed by atoms with van der Waals surface area (Å²) in [5.74, 6) is -0.439. The van der Waals surface area contributed by atoms with E-state index in [4.69, 9.17) is 5.11 Å². The lowest BCUT2D eigenvalue weighted by Crippen LogP contribution is -2.40. The van der Waals surface area contributed by atoms with Crippen LogP contribution >= 0.6 is 0 Å². The van der Waals surface area contributed by atoms with E-state index in [1.54, 1.807) is 6.92 Å². The van der Waals surface area contributed by atoms with Crippen LogP contribution in [0.15, 0.2) is 6.20 Å². The van der Waals surface area contributed by atoms with Crippen LogP contribution < -0.4 is 4.90 Å². The Labute approximate surface area is 108 Å². The number of hydrogen-bond donors (Lipinski definition) is 1. The van der Waals surface area contributed by atoms with Crippen molar-refractivity contribution in [2.45, 2.75) is 40.7 Å². The highest BCUT2D eigenvalue weighted by molar-refractivity contribution is 5.88. The second kappa shape index (κ2) is 4.92. The van der Waals surface area contributed by atoms with Crippen molar-refractivity contribution in [1.82, 2.24) is 9.97 Å². The topological polar surface area (TPSA) is 66.3 Å². The van der Waals surface area contributed by atoms with Gasteiger partial charge in [-0.1, -0.05) is 20.8 Å². The summed E-state index contributed by atoms with van der Waals surface area (Å²) in [5.41, 5.74) is 0.730. The lowest BCUT2D eigenvalue weighted by Gasteiger charge is -2.35. The molecule has 0 bridgehead atoms. The van der Waals surface area contributed by atoms with E-state index in [2.05, 4.69) is 37.7 Å². The molecule has 0 aliphatic rings. The van der Waals surface area contributed by atoms with E-state index in [0.29, 0.717) is 11.6 Å². The summed E-state index contributed by atoms with van der Waals surface area (Å²) < 4.78 is 0. The fraction of sp³-hybridized carbons (Fsp3) is 0.615. The molecular weight excluding hydrogens is 230 g/mol. The van der Waals surface area contributed by atoms with E-state index < -0.39 is 5.97 Å². The molecule has 1 aromatic rings. The minimum atomic E-state index is -0.995. The molecule has 1 N–H and O–H groups in total. The molecule has 1 rings (SSSR count). The Morgan fingerprint density at radius 3 is 2.39 bits per heavy atom. The van der Waals surface area contributed by atoms with Gasteiger partial charge in [-0.15, -0.1) is 0 Å². The number of aromatic carboxylic acids is 1. The Bertz CT molecular complexity index is 452. The van der Waals surface area contributed by atoms with Crippen molar-refractivity contribution >= 4 is 11.9 Å². The zero-order valence-corrected chi connectivity index (χ0v) is 11.9. The summed E-state index contributed by atoms with van der Waals surface area (Å²) in [6.07, 6.45) is 1.37. The molecule has 0 aliphatic heterocycles. The number of anilines is 1. The molecule has 0 spiro atoms. The molecule has 5 nitrogen and oxygen atoms in total. The Morgan fingerprint density at radius 2 is 2.00 bits per heavy atom. The summed E-state index contributed by atoms with van der Waals surface area (Å²) in [4.78, 5) is 21.3. The van der Waals surface area contributed by atoms with Gasteiger partial charge in [0, 0.05) is 19.3 Å². The van der Waals surface area contributed by atoms with Gasteiger partial charge < -0.3 is 10.0 Å². The fourth-order valence-electron chi connectivity index (χ4n) is 1.59. The standard InChI is InChI=1S/C13H21N3O2/c1-8-10(11(17)18)7-14-12(15-8)16(6)9(2)13(3,4)5/h7,9H,1-6H3,(H,17,18). The van der Waals surface area contributed by atoms with Crippen LogP contribution in [0.2, 0.25) is 0 Å². The summed E-state index contributed by atoms with van der Waals surface area (Å²) >= 11 is 0. The van der Waals surface area contributed by atoms with Gasteiger partial charge in [-0.2, -0.15) is 0 Å². The number of aryl methyl sites for hydroxylation is 1. The van der Waals surface area contributed by atoms with Crippen molar-refractivity contribution in [3.8, 4) is 0 Å². The first kappa shape index (κ1) is 14.4. The lowest BCUT2D eigenvalue weighted by atomic mass is 9.87. The summed E-state index contributed by atoms with van der Waals surface area (Å²) in [6.45, 7) is 10.2. The summed E-state index contributed by atoms with van der Waals surface area (Å²) in [6, 6.07) is 0.243. The first-order valence-electron chi connectivity index (χ1n) is 5.94. The molecule has 0 fully saturated rings. The minimum Gasteiger partial charge on any atom is -0.478 e. The van der Waals surface area contributed by atoms with E-state index in [1.165, 1.54) is 6.20 Å². The van der Waals surface area contributed by atoms with Gasteiger partial charge in [0.1, 0.15) is 0 Å². The largest absolute Gasteiger partial charge is 0.478 e. The maximum absolute atomic E-state index is 10.9. The van der Waals surface area contributed by atoms with Gasteiger partial charge in [0.25, 0.3) is 0 Å². The van der Waals surface area contributed by atoms with Gasteiger partial charge in [0.2, 0.25) is 5.95 Å². The quantitative estimate of drug-likeness (QED) is 0.893. The van der Waals surface area contributed by atoms with Crippen LogP contribution in [0.25, 0.3) is 0 Å². The van der Waals surface area contributed by atoms with Crippen LogP contribution in [0.4, 0.5) is 5.95 Å². The van der Waals surface area contributed by atoms with Crippen molar-refractivity contribution in [3.05, 3.63) is 17.5 Å². The number of aromatic nitrogens is 2. The third kappa shape index (κ3) is 2.97. The predicted molar refractivity (Wildman–Crippen MR) is 71.0 cm³/mol. The van der Waals surface area contributed by atoms with Gasteiger partial charge in [0.15, 0.2) is 0 Å². The van der Waals surface area contributed by atoms with Crippen molar-refractivity contribution in [2.75, 3.05) is 11.9 Å². The van der Waals surface area contributed by atoms with Crippen LogP contribution in [-0.4, -0.2) is 34.1 Å². The van der Waals surface area contributed by atoms with E-state index in [-0.39, 0.29) is 17.0 Å².